The van der Waals surface area contributed by atoms with E-state index in [-0.39, 0.29) is 17.7 Å². The number of piperidine rings is 1. The number of fused-ring (bicyclic) bond motifs is 1. The average Bonchev–Trinajstić information content (AvgIpc) is 3.25. The summed E-state index contributed by atoms with van der Waals surface area (Å²) in [5.41, 5.74) is 10.4. The van der Waals surface area contributed by atoms with Crippen molar-refractivity contribution < 1.29 is 9.59 Å². The third kappa shape index (κ3) is 2.89. The second-order valence-corrected chi connectivity index (χ2v) is 7.34. The Balaban J connectivity index is 1.61. The van der Waals surface area contributed by atoms with Crippen molar-refractivity contribution in [1.82, 2.24) is 14.7 Å². The summed E-state index contributed by atoms with van der Waals surface area (Å²) in [6.45, 7) is 3.19. The van der Waals surface area contributed by atoms with E-state index in [2.05, 4.69) is 19.1 Å². The molecule has 1 aliphatic carbocycles. The molecule has 6 heteroatoms. The molecule has 6 nitrogen and oxygen atoms in total. The Hall–Kier alpha value is -2.63. The number of aromatic nitrogens is 2. The largest absolute Gasteiger partial charge is 0.369 e. The van der Waals surface area contributed by atoms with Gasteiger partial charge in [0.2, 0.25) is 5.91 Å². The maximum atomic E-state index is 13.1. The van der Waals surface area contributed by atoms with Gasteiger partial charge < -0.3 is 10.6 Å². The van der Waals surface area contributed by atoms with E-state index in [1.54, 1.807) is 0 Å². The topological polar surface area (TPSA) is 81.2 Å². The molecule has 136 valence electrons. The summed E-state index contributed by atoms with van der Waals surface area (Å²) in [4.78, 5) is 26.2. The summed E-state index contributed by atoms with van der Waals surface area (Å²) in [5.74, 6) is -0.395. The highest BCUT2D eigenvalue weighted by molar-refractivity contribution is 5.94. The molecular weight excluding hydrogens is 328 g/mol. The molecule has 2 aromatic rings. The van der Waals surface area contributed by atoms with Gasteiger partial charge in [0.05, 0.1) is 5.69 Å². The number of likely N-dealkylation sites (tertiary alicyclic amines) is 1. The molecule has 0 spiro atoms. The number of hydrogen-bond donors (Lipinski definition) is 1. The molecule has 1 fully saturated rings. The highest BCUT2D eigenvalue weighted by Crippen LogP contribution is 2.29. The predicted molar refractivity (Wildman–Crippen MR) is 98.1 cm³/mol. The molecule has 1 saturated heterocycles. The summed E-state index contributed by atoms with van der Waals surface area (Å²) in [7, 11) is 0. The second kappa shape index (κ2) is 6.59. The third-order valence-corrected chi connectivity index (χ3v) is 5.60. The van der Waals surface area contributed by atoms with Crippen LogP contribution in [-0.4, -0.2) is 39.6 Å². The van der Waals surface area contributed by atoms with E-state index in [1.165, 1.54) is 5.56 Å². The molecule has 2 amide bonds. The van der Waals surface area contributed by atoms with Gasteiger partial charge in [-0.15, -0.1) is 0 Å². The van der Waals surface area contributed by atoms with E-state index in [4.69, 9.17) is 10.8 Å². The lowest BCUT2D eigenvalue weighted by molar-refractivity contribution is -0.123. The summed E-state index contributed by atoms with van der Waals surface area (Å²) in [5, 5.41) is 4.69. The normalized spacial score (nSPS) is 17.3. The number of nitrogens with zero attached hydrogens (tertiary/aromatic N) is 3. The summed E-state index contributed by atoms with van der Waals surface area (Å²) >= 11 is 0. The van der Waals surface area contributed by atoms with Crippen molar-refractivity contribution in [3.8, 4) is 5.69 Å². The van der Waals surface area contributed by atoms with Gasteiger partial charge in [-0.2, -0.15) is 5.10 Å². The molecule has 0 atom stereocenters. The molecule has 0 radical (unpaired) electrons. The van der Waals surface area contributed by atoms with Gasteiger partial charge in [-0.1, -0.05) is 17.7 Å². The van der Waals surface area contributed by atoms with Gasteiger partial charge in [0.15, 0.2) is 5.69 Å². The number of nitrogens with two attached hydrogens (primary N) is 1. The van der Waals surface area contributed by atoms with Crippen molar-refractivity contribution in [3.63, 3.8) is 0 Å². The first-order valence-corrected chi connectivity index (χ1v) is 9.31. The molecule has 2 N–H and O–H groups in total. The fraction of sp³-hybridized carbons (Fsp3) is 0.450. The molecule has 2 heterocycles. The van der Waals surface area contributed by atoms with Gasteiger partial charge >= 0.3 is 0 Å². The van der Waals surface area contributed by atoms with Crippen molar-refractivity contribution in [2.45, 2.75) is 39.0 Å². The van der Waals surface area contributed by atoms with Gasteiger partial charge in [-0.25, -0.2) is 4.68 Å². The molecule has 1 aliphatic heterocycles. The molecule has 2 aliphatic rings. The zero-order valence-electron chi connectivity index (χ0n) is 15.1. The highest BCUT2D eigenvalue weighted by atomic mass is 16.2. The van der Waals surface area contributed by atoms with Gasteiger partial charge in [-0.3, -0.25) is 9.59 Å². The maximum Gasteiger partial charge on any atom is 0.274 e. The first-order chi connectivity index (χ1) is 12.5. The first kappa shape index (κ1) is 16.8. The lowest BCUT2D eigenvalue weighted by Gasteiger charge is -2.30. The SMILES string of the molecule is Cc1ccc(-n2nc(C(=O)N3CCC(C(N)=O)CC3)c3c2CCC3)cc1. The van der Waals surface area contributed by atoms with Crippen LogP contribution in [0.5, 0.6) is 0 Å². The average molecular weight is 352 g/mol. The van der Waals surface area contributed by atoms with Crippen LogP contribution < -0.4 is 5.73 Å². The van der Waals surface area contributed by atoms with Crippen molar-refractivity contribution >= 4 is 11.8 Å². The third-order valence-electron chi connectivity index (χ3n) is 5.60. The van der Waals surface area contributed by atoms with Crippen LogP contribution in [0, 0.1) is 12.8 Å². The van der Waals surface area contributed by atoms with Crippen molar-refractivity contribution in [1.29, 1.82) is 0 Å². The first-order valence-electron chi connectivity index (χ1n) is 9.31. The summed E-state index contributed by atoms with van der Waals surface area (Å²) in [6.07, 6.45) is 4.19. The number of carbonyl (C=O) groups excluding carboxylic acids is 2. The van der Waals surface area contributed by atoms with E-state index in [0.29, 0.717) is 31.6 Å². The van der Waals surface area contributed by atoms with Gasteiger partial charge in [0.1, 0.15) is 0 Å². The van der Waals surface area contributed by atoms with E-state index in [9.17, 15) is 9.59 Å². The minimum absolute atomic E-state index is 0.0167. The highest BCUT2D eigenvalue weighted by Gasteiger charge is 2.32. The Bertz CT molecular complexity index is 845. The van der Waals surface area contributed by atoms with Crippen LogP contribution in [0.3, 0.4) is 0 Å². The Kier molecular flexibility index (Phi) is 4.26. The Morgan fingerprint density at radius 2 is 1.81 bits per heavy atom. The van der Waals surface area contributed by atoms with E-state index in [1.807, 2.05) is 21.7 Å². The predicted octanol–water partition coefficient (Wildman–Crippen LogP) is 2.01. The Labute approximate surface area is 153 Å². The Morgan fingerprint density at radius 3 is 2.46 bits per heavy atom. The molecule has 26 heavy (non-hydrogen) atoms. The number of amides is 2. The molecule has 0 bridgehead atoms. The molecular formula is C20H24N4O2. The Morgan fingerprint density at radius 1 is 1.12 bits per heavy atom. The van der Waals surface area contributed by atoms with Gasteiger partial charge in [-0.05, 0) is 51.2 Å². The van der Waals surface area contributed by atoms with Crippen molar-refractivity contribution in [3.05, 3.63) is 46.8 Å². The second-order valence-electron chi connectivity index (χ2n) is 7.34. The van der Waals surface area contributed by atoms with Crippen LogP contribution in [0.1, 0.15) is 46.6 Å². The number of carbonyl (C=O) groups is 2. The van der Waals surface area contributed by atoms with Gasteiger partial charge in [0, 0.05) is 30.3 Å². The number of hydrogen-bond acceptors (Lipinski definition) is 3. The van der Waals surface area contributed by atoms with E-state index < -0.39 is 0 Å². The molecule has 1 aromatic carbocycles. The number of primary amides is 1. The minimum atomic E-state index is -0.262. The molecule has 4 rings (SSSR count). The number of aryl methyl sites for hydroxylation is 1. The quantitative estimate of drug-likeness (QED) is 0.917. The van der Waals surface area contributed by atoms with Crippen LogP contribution in [0.25, 0.3) is 5.69 Å². The standard InChI is InChI=1S/C20H24N4O2/c1-13-5-7-15(8-6-13)24-17-4-2-3-16(17)18(22-24)20(26)23-11-9-14(10-12-23)19(21)25/h5-8,14H,2-4,9-12H2,1H3,(H2,21,25). The molecule has 0 saturated carbocycles. The number of benzene rings is 1. The maximum absolute atomic E-state index is 13.1. The fourth-order valence-electron chi connectivity index (χ4n) is 4.03. The van der Waals surface area contributed by atoms with E-state index in [0.717, 1.165) is 36.2 Å². The fourth-order valence-corrected chi connectivity index (χ4v) is 4.03. The van der Waals surface area contributed by atoms with Crippen molar-refractivity contribution in [2.24, 2.45) is 11.7 Å². The lowest BCUT2D eigenvalue weighted by Crippen LogP contribution is -2.42. The smallest absolute Gasteiger partial charge is 0.274 e. The van der Waals surface area contributed by atoms with Crippen LogP contribution >= 0.6 is 0 Å². The minimum Gasteiger partial charge on any atom is -0.369 e. The molecule has 1 aromatic heterocycles. The van der Waals surface area contributed by atoms with Crippen LogP contribution in [0.15, 0.2) is 24.3 Å². The monoisotopic (exact) mass is 352 g/mol. The van der Waals surface area contributed by atoms with Crippen molar-refractivity contribution in [2.75, 3.05) is 13.1 Å². The van der Waals surface area contributed by atoms with Crippen LogP contribution in [0.4, 0.5) is 0 Å². The van der Waals surface area contributed by atoms with Crippen LogP contribution in [0.2, 0.25) is 0 Å². The van der Waals surface area contributed by atoms with Crippen LogP contribution in [-0.2, 0) is 17.6 Å². The summed E-state index contributed by atoms with van der Waals surface area (Å²) in [6, 6.07) is 8.23. The lowest BCUT2D eigenvalue weighted by atomic mass is 9.96. The zero-order chi connectivity index (χ0) is 18.3. The zero-order valence-corrected chi connectivity index (χ0v) is 15.1. The number of rotatable bonds is 3. The van der Waals surface area contributed by atoms with Gasteiger partial charge in [0.25, 0.3) is 5.91 Å². The molecule has 0 unspecified atom stereocenters. The van der Waals surface area contributed by atoms with E-state index >= 15 is 0 Å². The summed E-state index contributed by atoms with van der Waals surface area (Å²) < 4.78 is 1.94.